The Morgan fingerprint density at radius 3 is 2.63 bits per heavy atom. The predicted octanol–water partition coefficient (Wildman–Crippen LogP) is 5.25. The number of amides is 2. The number of nitrogens with one attached hydrogen (secondary N) is 1. The fraction of sp³-hybridized carbons (Fsp3) is 0.393. The van der Waals surface area contributed by atoms with E-state index in [4.69, 9.17) is 26.2 Å². The van der Waals surface area contributed by atoms with Crippen LogP contribution in [0.2, 0.25) is 5.02 Å². The molecule has 0 fully saturated rings. The van der Waals surface area contributed by atoms with Gasteiger partial charge in [-0.1, -0.05) is 50.6 Å². The number of fused-ring (bicyclic) bond motifs is 2. The minimum Gasteiger partial charge on any atom is -0.454 e. The molecule has 0 radical (unpaired) electrons. The molecule has 1 atom stereocenters. The molecule has 0 aliphatic carbocycles. The molecule has 38 heavy (non-hydrogen) atoms. The molecule has 0 saturated carbocycles. The summed E-state index contributed by atoms with van der Waals surface area (Å²) < 4.78 is 12.9. The maximum absolute atomic E-state index is 13.7. The third-order valence-electron chi connectivity index (χ3n) is 6.33. The average molecular weight is 555 g/mol. The van der Waals surface area contributed by atoms with E-state index < -0.39 is 0 Å². The maximum Gasteiger partial charge on any atom is 0.240 e. The smallest absolute Gasteiger partial charge is 0.240 e. The molecule has 0 saturated heterocycles. The summed E-state index contributed by atoms with van der Waals surface area (Å²) in [5.74, 6) is 1.69. The van der Waals surface area contributed by atoms with Crippen molar-refractivity contribution in [3.8, 4) is 17.2 Å². The fourth-order valence-electron chi connectivity index (χ4n) is 4.72. The molecule has 0 bridgehead atoms. The minimum absolute atomic E-state index is 0.0570. The lowest BCUT2D eigenvalue weighted by atomic mass is 9.87. The Hall–Kier alpha value is -3.17. The van der Waals surface area contributed by atoms with Crippen LogP contribution in [0.15, 0.2) is 42.5 Å². The lowest BCUT2D eigenvalue weighted by Crippen LogP contribution is -2.44. The Balaban J connectivity index is 1.77. The highest BCUT2D eigenvalue weighted by Gasteiger charge is 2.40. The van der Waals surface area contributed by atoms with Gasteiger partial charge in [0.05, 0.1) is 27.4 Å². The third kappa shape index (κ3) is 4.97. The van der Waals surface area contributed by atoms with E-state index in [0.717, 1.165) is 16.8 Å². The summed E-state index contributed by atoms with van der Waals surface area (Å²) in [4.78, 5) is 28.2. The number of rotatable bonds is 5. The van der Waals surface area contributed by atoms with Crippen molar-refractivity contribution in [1.82, 2.24) is 15.1 Å². The van der Waals surface area contributed by atoms with Crippen LogP contribution < -0.4 is 19.7 Å². The molecule has 2 aliphatic heterocycles. The highest BCUT2D eigenvalue weighted by molar-refractivity contribution is 8.00. The molecule has 1 N–H and O–H groups in total. The predicted molar refractivity (Wildman–Crippen MR) is 150 cm³/mol. The van der Waals surface area contributed by atoms with Crippen LogP contribution in [0.5, 0.6) is 11.5 Å². The second kappa shape index (κ2) is 10.2. The first-order valence-corrected chi connectivity index (χ1v) is 14.0. The van der Waals surface area contributed by atoms with Crippen LogP contribution in [0.3, 0.4) is 0 Å². The lowest BCUT2D eigenvalue weighted by molar-refractivity contribution is -0.123. The molecule has 3 heterocycles. The molecular weight excluding hydrogens is 524 g/mol. The molecule has 2 amide bonds. The van der Waals surface area contributed by atoms with Gasteiger partial charge >= 0.3 is 0 Å². The number of hydrogen-bond donors (Lipinski definition) is 1. The topological polar surface area (TPSA) is 85.7 Å². The maximum atomic E-state index is 13.7. The van der Waals surface area contributed by atoms with E-state index >= 15 is 0 Å². The number of anilines is 1. The van der Waals surface area contributed by atoms with Crippen LogP contribution in [0, 0.1) is 0 Å². The molecule has 2 aromatic carbocycles. The van der Waals surface area contributed by atoms with Crippen molar-refractivity contribution in [2.75, 3.05) is 24.0 Å². The molecule has 2 aliphatic rings. The summed E-state index contributed by atoms with van der Waals surface area (Å²) >= 11 is 8.18. The summed E-state index contributed by atoms with van der Waals surface area (Å²) in [5, 5.41) is 8.24. The average Bonchev–Trinajstić information content (AvgIpc) is 3.44. The molecule has 0 spiro atoms. The van der Waals surface area contributed by atoms with E-state index in [1.807, 2.05) is 50.2 Å². The highest BCUT2D eigenvalue weighted by atomic mass is 35.5. The first-order chi connectivity index (χ1) is 18.0. The van der Waals surface area contributed by atoms with Crippen LogP contribution in [0.1, 0.15) is 56.7 Å². The Kier molecular flexibility index (Phi) is 7.09. The summed E-state index contributed by atoms with van der Waals surface area (Å²) in [7, 11) is 0. The molecule has 1 aromatic heterocycles. The number of benzene rings is 2. The molecule has 5 rings (SSSR count). The Morgan fingerprint density at radius 2 is 1.92 bits per heavy atom. The van der Waals surface area contributed by atoms with Crippen molar-refractivity contribution in [2.45, 2.75) is 51.3 Å². The van der Waals surface area contributed by atoms with E-state index in [1.54, 1.807) is 15.6 Å². The van der Waals surface area contributed by atoms with Crippen LogP contribution in [-0.2, 0) is 15.0 Å². The SMILES string of the molecule is CC(C)NC(=O)CN1C(=O)CSC(c2ccc3c(c2)OCO3)c2c(C(C)(C)C)nn(-c3ccccc3Cl)c21. The van der Waals surface area contributed by atoms with Crippen molar-refractivity contribution >= 4 is 41.0 Å². The van der Waals surface area contributed by atoms with Gasteiger partial charge in [0, 0.05) is 17.0 Å². The molecule has 1 unspecified atom stereocenters. The van der Waals surface area contributed by atoms with Gasteiger partial charge in [0.2, 0.25) is 18.6 Å². The zero-order valence-electron chi connectivity index (χ0n) is 22.1. The second-order valence-corrected chi connectivity index (χ2v) is 12.2. The van der Waals surface area contributed by atoms with Crippen molar-refractivity contribution in [1.29, 1.82) is 0 Å². The third-order valence-corrected chi connectivity index (χ3v) is 7.91. The fourth-order valence-corrected chi connectivity index (χ4v) is 6.12. The highest BCUT2D eigenvalue weighted by Crippen LogP contribution is 2.50. The standard InChI is InChI=1S/C28H31ClN4O4S/c1-16(2)30-22(34)13-32-23(35)14-38-25(17-10-11-20-21(12-17)37-15-36-20)24-26(28(3,4)5)31-33(27(24)32)19-9-7-6-8-18(19)29/h6-12,16,25H,13-15H2,1-5H3,(H,30,34). The number of ether oxygens (including phenoxy) is 2. The molecule has 10 heteroatoms. The van der Waals surface area contributed by atoms with Crippen LogP contribution in [0.4, 0.5) is 5.82 Å². The van der Waals surface area contributed by atoms with Gasteiger partial charge < -0.3 is 14.8 Å². The first kappa shape index (κ1) is 26.4. The summed E-state index contributed by atoms with van der Waals surface area (Å²) in [6.07, 6.45) is 0. The van der Waals surface area contributed by atoms with Gasteiger partial charge in [0.1, 0.15) is 12.4 Å². The van der Waals surface area contributed by atoms with E-state index in [0.29, 0.717) is 28.0 Å². The summed E-state index contributed by atoms with van der Waals surface area (Å²) in [5.41, 5.74) is 2.94. The van der Waals surface area contributed by atoms with Gasteiger partial charge in [-0.15, -0.1) is 11.8 Å². The number of halogens is 1. The zero-order chi connectivity index (χ0) is 27.2. The van der Waals surface area contributed by atoms with Crippen molar-refractivity contribution in [2.24, 2.45) is 0 Å². The van der Waals surface area contributed by atoms with Crippen LogP contribution >= 0.6 is 23.4 Å². The van der Waals surface area contributed by atoms with Gasteiger partial charge in [0.15, 0.2) is 11.5 Å². The minimum atomic E-state index is -0.370. The number of nitrogens with zero attached hydrogens (tertiary/aromatic N) is 3. The van der Waals surface area contributed by atoms with Crippen molar-refractivity contribution in [3.05, 3.63) is 64.3 Å². The number of aromatic nitrogens is 2. The Morgan fingerprint density at radius 1 is 1.18 bits per heavy atom. The number of thioether (sulfide) groups is 1. The van der Waals surface area contributed by atoms with E-state index in [2.05, 4.69) is 26.1 Å². The molecular formula is C28H31ClN4O4S. The molecule has 8 nitrogen and oxygen atoms in total. The summed E-state index contributed by atoms with van der Waals surface area (Å²) in [6, 6.07) is 13.2. The molecule has 200 valence electrons. The molecule has 3 aromatic rings. The largest absolute Gasteiger partial charge is 0.454 e. The van der Waals surface area contributed by atoms with Gasteiger partial charge in [-0.05, 0) is 43.7 Å². The summed E-state index contributed by atoms with van der Waals surface area (Å²) in [6.45, 7) is 10.1. The Bertz CT molecular complexity index is 1400. The van der Waals surface area contributed by atoms with E-state index in [1.165, 1.54) is 11.8 Å². The van der Waals surface area contributed by atoms with Crippen molar-refractivity contribution < 1.29 is 19.1 Å². The monoisotopic (exact) mass is 554 g/mol. The lowest BCUT2D eigenvalue weighted by Gasteiger charge is -2.25. The second-order valence-electron chi connectivity index (χ2n) is 10.7. The van der Waals surface area contributed by atoms with Gasteiger partial charge in [-0.3, -0.25) is 14.5 Å². The van der Waals surface area contributed by atoms with Crippen LogP contribution in [-0.4, -0.2) is 46.7 Å². The van der Waals surface area contributed by atoms with Gasteiger partial charge in [-0.25, -0.2) is 4.68 Å². The Labute approximate surface area is 231 Å². The van der Waals surface area contributed by atoms with Gasteiger partial charge in [0.25, 0.3) is 0 Å². The number of carbonyl (C=O) groups excluding carboxylic acids is 2. The van der Waals surface area contributed by atoms with Crippen molar-refractivity contribution in [3.63, 3.8) is 0 Å². The van der Waals surface area contributed by atoms with E-state index in [-0.39, 0.29) is 47.6 Å². The zero-order valence-corrected chi connectivity index (χ0v) is 23.7. The number of hydrogen-bond acceptors (Lipinski definition) is 6. The van der Waals surface area contributed by atoms with Gasteiger partial charge in [-0.2, -0.15) is 5.10 Å². The first-order valence-electron chi connectivity index (χ1n) is 12.5. The van der Waals surface area contributed by atoms with E-state index in [9.17, 15) is 9.59 Å². The number of para-hydroxylation sites is 1. The normalized spacial score (nSPS) is 17.0. The number of carbonyl (C=O) groups is 2. The van der Waals surface area contributed by atoms with Crippen LogP contribution in [0.25, 0.3) is 5.69 Å². The quantitative estimate of drug-likeness (QED) is 0.464.